The van der Waals surface area contributed by atoms with E-state index in [1.807, 2.05) is 23.6 Å². The number of anilines is 1. The Bertz CT molecular complexity index is 925. The van der Waals surface area contributed by atoms with Gasteiger partial charge in [0.15, 0.2) is 5.82 Å². The summed E-state index contributed by atoms with van der Waals surface area (Å²) >= 11 is 1.63. The smallest absolute Gasteiger partial charge is 0.335 e. The van der Waals surface area contributed by atoms with E-state index in [0.717, 1.165) is 34.7 Å². The third-order valence-electron chi connectivity index (χ3n) is 4.24. The highest BCUT2D eigenvalue weighted by Gasteiger charge is 2.19. The lowest BCUT2D eigenvalue weighted by Gasteiger charge is -2.28. The van der Waals surface area contributed by atoms with Crippen LogP contribution in [0.2, 0.25) is 0 Å². The Hall–Kier alpha value is -2.22. The van der Waals surface area contributed by atoms with Crippen LogP contribution in [-0.2, 0) is 11.2 Å². The monoisotopic (exact) mass is 391 g/mol. The maximum atomic E-state index is 11.4. The Balaban J connectivity index is 0.00000196. The highest BCUT2D eigenvalue weighted by atomic mass is 35.5. The van der Waals surface area contributed by atoms with Gasteiger partial charge < -0.3 is 14.7 Å². The van der Waals surface area contributed by atoms with Crippen LogP contribution in [-0.4, -0.2) is 47.3 Å². The molecule has 6 nitrogen and oxygen atoms in total. The molecule has 1 aliphatic rings. The predicted octanol–water partition coefficient (Wildman–Crippen LogP) is 3.24. The first-order valence-corrected chi connectivity index (χ1v) is 8.98. The number of carboxylic acids is 1. The lowest BCUT2D eigenvalue weighted by Crippen LogP contribution is -2.37. The van der Waals surface area contributed by atoms with Crippen LogP contribution < -0.4 is 4.90 Å². The van der Waals surface area contributed by atoms with Crippen molar-refractivity contribution in [2.24, 2.45) is 0 Å². The molecule has 3 aromatic rings. The Morgan fingerprint density at radius 3 is 2.73 bits per heavy atom. The summed E-state index contributed by atoms with van der Waals surface area (Å²) in [6.45, 7) is 2.98. The zero-order chi connectivity index (χ0) is 17.2. The number of carbonyl (C=O) groups is 1. The summed E-state index contributed by atoms with van der Waals surface area (Å²) in [6, 6.07) is 8.99. The second-order valence-corrected chi connectivity index (χ2v) is 6.75. The summed E-state index contributed by atoms with van der Waals surface area (Å²) < 4.78 is 6.50. The van der Waals surface area contributed by atoms with Crippen molar-refractivity contribution in [2.45, 2.75) is 6.42 Å². The molecule has 136 valence electrons. The molecule has 1 aliphatic heterocycles. The molecule has 1 aromatic carbocycles. The van der Waals surface area contributed by atoms with Crippen LogP contribution in [0, 0.1) is 0 Å². The summed E-state index contributed by atoms with van der Waals surface area (Å²) in [5, 5.41) is 11.4. The Kier molecular flexibility index (Phi) is 5.70. The normalized spacial score (nSPS) is 14.2. The first-order valence-electron chi connectivity index (χ1n) is 8.10. The SMILES string of the molecule is Cl.O=C(O)c1ccccc1Cc1nc(N2CCOCC2)c2sccc2n1. The third kappa shape index (κ3) is 3.65. The molecule has 26 heavy (non-hydrogen) atoms. The van der Waals surface area contributed by atoms with Crippen LogP contribution in [0.5, 0.6) is 0 Å². The molecular formula is C18H18ClN3O3S. The number of benzene rings is 1. The third-order valence-corrected chi connectivity index (χ3v) is 5.14. The Morgan fingerprint density at radius 1 is 1.19 bits per heavy atom. The zero-order valence-electron chi connectivity index (χ0n) is 13.9. The second kappa shape index (κ2) is 7.99. The molecule has 2 aromatic heterocycles. The average molecular weight is 392 g/mol. The van der Waals surface area contributed by atoms with E-state index in [2.05, 4.69) is 9.88 Å². The summed E-state index contributed by atoms with van der Waals surface area (Å²) in [5.41, 5.74) is 1.92. The predicted molar refractivity (Wildman–Crippen MR) is 104 cm³/mol. The van der Waals surface area contributed by atoms with Crippen LogP contribution in [0.25, 0.3) is 10.2 Å². The van der Waals surface area contributed by atoms with E-state index in [0.29, 0.717) is 31.0 Å². The fraction of sp³-hybridized carbons (Fsp3) is 0.278. The second-order valence-electron chi connectivity index (χ2n) is 5.84. The van der Waals surface area contributed by atoms with Gasteiger partial charge in [0.25, 0.3) is 0 Å². The minimum Gasteiger partial charge on any atom is -0.478 e. The topological polar surface area (TPSA) is 75.5 Å². The largest absolute Gasteiger partial charge is 0.478 e. The van der Waals surface area contributed by atoms with Gasteiger partial charge in [0.2, 0.25) is 0 Å². The summed E-state index contributed by atoms with van der Waals surface area (Å²) in [5.74, 6) is 0.632. The molecule has 1 saturated heterocycles. The number of rotatable bonds is 4. The molecule has 3 heterocycles. The highest BCUT2D eigenvalue weighted by Crippen LogP contribution is 2.30. The summed E-state index contributed by atoms with van der Waals surface area (Å²) in [4.78, 5) is 23.1. The van der Waals surface area contributed by atoms with Gasteiger partial charge in [-0.1, -0.05) is 18.2 Å². The van der Waals surface area contributed by atoms with Gasteiger partial charge in [-0.05, 0) is 23.1 Å². The number of thiophene rings is 1. The molecule has 0 saturated carbocycles. The van der Waals surface area contributed by atoms with Crippen molar-refractivity contribution < 1.29 is 14.6 Å². The van der Waals surface area contributed by atoms with Gasteiger partial charge in [-0.25, -0.2) is 14.8 Å². The van der Waals surface area contributed by atoms with E-state index in [4.69, 9.17) is 9.72 Å². The molecule has 4 rings (SSSR count). The molecule has 0 radical (unpaired) electrons. The quantitative estimate of drug-likeness (QED) is 0.735. The molecule has 0 unspecified atom stereocenters. The lowest BCUT2D eigenvalue weighted by atomic mass is 10.0. The van der Waals surface area contributed by atoms with Crippen LogP contribution in [0.4, 0.5) is 5.82 Å². The van der Waals surface area contributed by atoms with Crippen molar-refractivity contribution in [3.05, 3.63) is 52.7 Å². The number of morpholine rings is 1. The average Bonchev–Trinajstić information content (AvgIpc) is 3.10. The summed E-state index contributed by atoms with van der Waals surface area (Å²) in [7, 11) is 0. The first-order chi connectivity index (χ1) is 12.2. The Labute approximate surface area is 160 Å². The van der Waals surface area contributed by atoms with Crippen molar-refractivity contribution >= 4 is 45.7 Å². The van der Waals surface area contributed by atoms with Gasteiger partial charge >= 0.3 is 5.97 Å². The lowest BCUT2D eigenvalue weighted by molar-refractivity contribution is 0.0696. The number of hydrogen-bond donors (Lipinski definition) is 1. The number of nitrogens with zero attached hydrogens (tertiary/aromatic N) is 3. The van der Waals surface area contributed by atoms with Crippen LogP contribution in [0.3, 0.4) is 0 Å². The van der Waals surface area contributed by atoms with Crippen molar-refractivity contribution in [1.29, 1.82) is 0 Å². The van der Waals surface area contributed by atoms with E-state index in [1.165, 1.54) is 0 Å². The van der Waals surface area contributed by atoms with Gasteiger partial charge in [-0.15, -0.1) is 23.7 Å². The van der Waals surface area contributed by atoms with Crippen LogP contribution >= 0.6 is 23.7 Å². The van der Waals surface area contributed by atoms with E-state index >= 15 is 0 Å². The fourth-order valence-electron chi connectivity index (χ4n) is 3.02. The molecule has 0 amide bonds. The maximum Gasteiger partial charge on any atom is 0.335 e. The molecule has 1 fully saturated rings. The maximum absolute atomic E-state index is 11.4. The molecule has 0 aliphatic carbocycles. The number of aromatic carboxylic acids is 1. The van der Waals surface area contributed by atoms with Crippen molar-refractivity contribution in [3.63, 3.8) is 0 Å². The van der Waals surface area contributed by atoms with Gasteiger partial charge in [0.05, 0.1) is 29.0 Å². The number of ether oxygens (including phenoxy) is 1. The minimum atomic E-state index is -0.930. The minimum absolute atomic E-state index is 0. The van der Waals surface area contributed by atoms with Crippen molar-refractivity contribution in [2.75, 3.05) is 31.2 Å². The van der Waals surface area contributed by atoms with Crippen molar-refractivity contribution in [1.82, 2.24) is 9.97 Å². The molecule has 0 atom stereocenters. The number of aromatic nitrogens is 2. The first kappa shape index (κ1) is 18.6. The van der Waals surface area contributed by atoms with E-state index in [-0.39, 0.29) is 12.4 Å². The summed E-state index contributed by atoms with van der Waals surface area (Å²) in [6.07, 6.45) is 0.394. The highest BCUT2D eigenvalue weighted by molar-refractivity contribution is 7.17. The molecule has 1 N–H and O–H groups in total. The number of carboxylic acid groups (broad SMARTS) is 1. The molecule has 0 spiro atoms. The number of fused-ring (bicyclic) bond motifs is 1. The molecular weight excluding hydrogens is 374 g/mol. The van der Waals surface area contributed by atoms with Gasteiger partial charge in [0, 0.05) is 19.5 Å². The molecule has 0 bridgehead atoms. The van der Waals surface area contributed by atoms with E-state index in [1.54, 1.807) is 23.5 Å². The van der Waals surface area contributed by atoms with Crippen LogP contribution in [0.15, 0.2) is 35.7 Å². The number of hydrogen-bond acceptors (Lipinski definition) is 6. The standard InChI is InChI=1S/C18H17N3O3S.ClH/c22-18(23)13-4-2-1-3-12(13)11-15-19-14-5-10-25-16(14)17(20-15)21-6-8-24-9-7-21;/h1-5,10H,6-9,11H2,(H,22,23);1H. The van der Waals surface area contributed by atoms with E-state index in [9.17, 15) is 9.90 Å². The molecule has 8 heteroatoms. The van der Waals surface area contributed by atoms with Gasteiger partial charge in [0.1, 0.15) is 5.82 Å². The van der Waals surface area contributed by atoms with Crippen molar-refractivity contribution in [3.8, 4) is 0 Å². The van der Waals surface area contributed by atoms with Gasteiger partial charge in [-0.2, -0.15) is 0 Å². The Morgan fingerprint density at radius 2 is 1.96 bits per heavy atom. The fourth-order valence-corrected chi connectivity index (χ4v) is 3.86. The van der Waals surface area contributed by atoms with Gasteiger partial charge in [-0.3, -0.25) is 0 Å². The van der Waals surface area contributed by atoms with E-state index < -0.39 is 5.97 Å². The number of halogens is 1. The zero-order valence-corrected chi connectivity index (χ0v) is 15.6. The van der Waals surface area contributed by atoms with Crippen LogP contribution in [0.1, 0.15) is 21.7 Å².